The number of hydrogen-bond donors (Lipinski definition) is 0. The zero-order valence-electron chi connectivity index (χ0n) is 14.7. The SMILES string of the molecule is COc1cc2c(c(OC)c1OC)[C@H](c1ccc3c(c1)OCO3)CC(=O)O2. The third kappa shape index (κ3) is 2.47. The van der Waals surface area contributed by atoms with E-state index >= 15 is 0 Å². The summed E-state index contributed by atoms with van der Waals surface area (Å²) in [5.41, 5.74) is 1.64. The Labute approximate surface area is 150 Å². The van der Waals surface area contributed by atoms with Crippen LogP contribution < -0.4 is 28.4 Å². The number of carbonyl (C=O) groups excluding carboxylic acids is 1. The molecule has 0 spiro atoms. The zero-order chi connectivity index (χ0) is 18.3. The van der Waals surface area contributed by atoms with Gasteiger partial charge in [0.05, 0.1) is 27.8 Å². The minimum atomic E-state index is -0.325. The van der Waals surface area contributed by atoms with E-state index in [9.17, 15) is 4.79 Å². The van der Waals surface area contributed by atoms with Gasteiger partial charge in [-0.25, -0.2) is 0 Å². The average Bonchev–Trinajstić information content (AvgIpc) is 3.13. The van der Waals surface area contributed by atoms with Crippen LogP contribution in [-0.4, -0.2) is 34.1 Å². The van der Waals surface area contributed by atoms with Crippen molar-refractivity contribution in [3.63, 3.8) is 0 Å². The van der Waals surface area contributed by atoms with Crippen LogP contribution in [0.15, 0.2) is 24.3 Å². The fourth-order valence-electron chi connectivity index (χ4n) is 3.42. The molecule has 7 nitrogen and oxygen atoms in total. The van der Waals surface area contributed by atoms with Crippen LogP contribution in [0.2, 0.25) is 0 Å². The van der Waals surface area contributed by atoms with Crippen molar-refractivity contribution in [2.24, 2.45) is 0 Å². The van der Waals surface area contributed by atoms with Gasteiger partial charge in [0.1, 0.15) is 5.75 Å². The van der Waals surface area contributed by atoms with Gasteiger partial charge in [0.25, 0.3) is 0 Å². The number of ether oxygens (including phenoxy) is 6. The lowest BCUT2D eigenvalue weighted by Crippen LogP contribution is -2.22. The van der Waals surface area contributed by atoms with Crippen LogP contribution in [0.3, 0.4) is 0 Å². The van der Waals surface area contributed by atoms with Crippen molar-refractivity contribution in [1.29, 1.82) is 0 Å². The van der Waals surface area contributed by atoms with E-state index in [0.717, 1.165) is 11.1 Å². The van der Waals surface area contributed by atoms with Crippen molar-refractivity contribution < 1.29 is 33.2 Å². The highest BCUT2D eigenvalue weighted by molar-refractivity contribution is 5.80. The Hall–Kier alpha value is -3.09. The summed E-state index contributed by atoms with van der Waals surface area (Å²) in [4.78, 5) is 12.2. The first-order chi connectivity index (χ1) is 12.7. The molecule has 0 unspecified atom stereocenters. The minimum Gasteiger partial charge on any atom is -0.493 e. The Morgan fingerprint density at radius 3 is 2.42 bits per heavy atom. The van der Waals surface area contributed by atoms with Crippen LogP contribution in [-0.2, 0) is 4.79 Å². The predicted octanol–water partition coefficient (Wildman–Crippen LogP) is 2.88. The van der Waals surface area contributed by atoms with Crippen molar-refractivity contribution in [3.8, 4) is 34.5 Å². The highest BCUT2D eigenvalue weighted by Crippen LogP contribution is 2.52. The summed E-state index contributed by atoms with van der Waals surface area (Å²) in [6, 6.07) is 7.28. The second kappa shape index (κ2) is 6.33. The molecule has 1 atom stereocenters. The number of hydrogen-bond acceptors (Lipinski definition) is 7. The molecule has 2 aliphatic rings. The van der Waals surface area contributed by atoms with E-state index in [-0.39, 0.29) is 25.1 Å². The zero-order valence-corrected chi connectivity index (χ0v) is 14.7. The van der Waals surface area contributed by atoms with Crippen LogP contribution in [0.4, 0.5) is 0 Å². The van der Waals surface area contributed by atoms with Crippen molar-refractivity contribution in [2.75, 3.05) is 28.1 Å². The molecule has 0 N–H and O–H groups in total. The number of fused-ring (bicyclic) bond motifs is 2. The summed E-state index contributed by atoms with van der Waals surface area (Å²) in [5, 5.41) is 0. The summed E-state index contributed by atoms with van der Waals surface area (Å²) >= 11 is 0. The number of esters is 1. The highest BCUT2D eigenvalue weighted by atomic mass is 16.7. The quantitative estimate of drug-likeness (QED) is 0.615. The molecule has 0 radical (unpaired) electrons. The van der Waals surface area contributed by atoms with Crippen LogP contribution in [0, 0.1) is 0 Å². The molecule has 0 saturated heterocycles. The molecular weight excluding hydrogens is 340 g/mol. The van der Waals surface area contributed by atoms with Gasteiger partial charge in [-0.3, -0.25) is 4.79 Å². The first kappa shape index (κ1) is 16.4. The van der Waals surface area contributed by atoms with Crippen LogP contribution in [0.1, 0.15) is 23.5 Å². The maximum Gasteiger partial charge on any atom is 0.312 e. The summed E-state index contributed by atoms with van der Waals surface area (Å²) in [7, 11) is 4.60. The Balaban J connectivity index is 1.90. The molecule has 0 saturated carbocycles. The first-order valence-corrected chi connectivity index (χ1v) is 8.09. The Bertz CT molecular complexity index is 875. The van der Waals surface area contributed by atoms with Gasteiger partial charge in [-0.15, -0.1) is 0 Å². The van der Waals surface area contributed by atoms with Crippen molar-refractivity contribution >= 4 is 5.97 Å². The summed E-state index contributed by atoms with van der Waals surface area (Å²) in [5.74, 6) is 2.52. The van der Waals surface area contributed by atoms with Gasteiger partial charge >= 0.3 is 5.97 Å². The molecule has 2 heterocycles. The molecule has 2 aliphatic heterocycles. The fourth-order valence-corrected chi connectivity index (χ4v) is 3.42. The lowest BCUT2D eigenvalue weighted by Gasteiger charge is -2.28. The molecule has 4 rings (SSSR count). The molecule has 0 bridgehead atoms. The number of carbonyl (C=O) groups is 1. The van der Waals surface area contributed by atoms with E-state index in [1.165, 1.54) is 14.2 Å². The lowest BCUT2D eigenvalue weighted by molar-refractivity contribution is -0.135. The molecule has 0 aliphatic carbocycles. The largest absolute Gasteiger partial charge is 0.493 e. The number of rotatable bonds is 4. The minimum absolute atomic E-state index is 0.179. The van der Waals surface area contributed by atoms with E-state index in [1.54, 1.807) is 13.2 Å². The maximum absolute atomic E-state index is 12.2. The predicted molar refractivity (Wildman–Crippen MR) is 90.8 cm³/mol. The molecular formula is C19H18O7. The Morgan fingerprint density at radius 1 is 0.923 bits per heavy atom. The van der Waals surface area contributed by atoms with E-state index in [1.807, 2.05) is 18.2 Å². The highest BCUT2D eigenvalue weighted by Gasteiger charge is 2.35. The molecule has 0 amide bonds. The summed E-state index contributed by atoms with van der Waals surface area (Å²) < 4.78 is 32.7. The lowest BCUT2D eigenvalue weighted by atomic mass is 9.85. The first-order valence-electron chi connectivity index (χ1n) is 8.09. The van der Waals surface area contributed by atoms with E-state index in [2.05, 4.69) is 0 Å². The van der Waals surface area contributed by atoms with Crippen LogP contribution in [0.5, 0.6) is 34.5 Å². The van der Waals surface area contributed by atoms with Crippen LogP contribution in [0.25, 0.3) is 0 Å². The Kier molecular flexibility index (Phi) is 3.99. The van der Waals surface area contributed by atoms with Crippen molar-refractivity contribution in [1.82, 2.24) is 0 Å². The molecule has 2 aromatic rings. The fraction of sp³-hybridized carbons (Fsp3) is 0.316. The summed E-state index contributed by atoms with van der Waals surface area (Å²) in [6.07, 6.45) is 0.179. The molecule has 0 aromatic heterocycles. The van der Waals surface area contributed by atoms with E-state index in [0.29, 0.717) is 34.5 Å². The number of benzene rings is 2. The molecule has 7 heteroatoms. The molecule has 2 aromatic carbocycles. The van der Waals surface area contributed by atoms with Gasteiger partial charge in [0.2, 0.25) is 12.5 Å². The third-order valence-corrected chi connectivity index (χ3v) is 4.57. The normalized spacial score (nSPS) is 17.3. The van der Waals surface area contributed by atoms with E-state index in [4.69, 9.17) is 28.4 Å². The topological polar surface area (TPSA) is 72.5 Å². The van der Waals surface area contributed by atoms with Gasteiger partial charge in [-0.1, -0.05) is 6.07 Å². The summed E-state index contributed by atoms with van der Waals surface area (Å²) in [6.45, 7) is 0.191. The molecule has 26 heavy (non-hydrogen) atoms. The smallest absolute Gasteiger partial charge is 0.312 e. The van der Waals surface area contributed by atoms with Crippen molar-refractivity contribution in [2.45, 2.75) is 12.3 Å². The van der Waals surface area contributed by atoms with Gasteiger partial charge in [-0.05, 0) is 17.7 Å². The van der Waals surface area contributed by atoms with Gasteiger partial charge < -0.3 is 28.4 Å². The second-order valence-electron chi connectivity index (χ2n) is 5.90. The third-order valence-electron chi connectivity index (χ3n) is 4.57. The number of methoxy groups -OCH3 is 3. The van der Waals surface area contributed by atoms with E-state index < -0.39 is 0 Å². The van der Waals surface area contributed by atoms with Crippen molar-refractivity contribution in [3.05, 3.63) is 35.4 Å². The Morgan fingerprint density at radius 2 is 1.69 bits per heavy atom. The molecule has 136 valence electrons. The molecule has 0 fully saturated rings. The van der Waals surface area contributed by atoms with Gasteiger partial charge in [-0.2, -0.15) is 0 Å². The van der Waals surface area contributed by atoms with Gasteiger partial charge in [0.15, 0.2) is 23.0 Å². The average molecular weight is 358 g/mol. The monoisotopic (exact) mass is 358 g/mol. The van der Waals surface area contributed by atoms with Gasteiger partial charge in [0, 0.05) is 17.5 Å². The maximum atomic E-state index is 12.2. The van der Waals surface area contributed by atoms with Crippen LogP contribution >= 0.6 is 0 Å². The standard InChI is InChI=1S/C19H18O7/c1-21-15-8-14-17(19(23-3)18(15)22-2)11(7-16(20)26-14)10-4-5-12-13(6-10)25-9-24-12/h4-6,8,11H,7,9H2,1-3H3/t11-/m0/s1. The second-order valence-corrected chi connectivity index (χ2v) is 5.90.